The van der Waals surface area contributed by atoms with Gasteiger partial charge in [-0.3, -0.25) is 0 Å². The molecule has 1 aromatic carbocycles. The van der Waals surface area contributed by atoms with Crippen LogP contribution in [0.15, 0.2) is 29.2 Å². The maximum absolute atomic E-state index is 11.9. The first-order chi connectivity index (χ1) is 8.08. The average Bonchev–Trinajstić information content (AvgIpc) is 2.79. The van der Waals surface area contributed by atoms with Crippen molar-refractivity contribution >= 4 is 10.0 Å². The lowest BCUT2D eigenvalue weighted by molar-refractivity contribution is 0.114. The van der Waals surface area contributed by atoms with Gasteiger partial charge in [0.15, 0.2) is 0 Å². The van der Waals surface area contributed by atoms with Crippen molar-refractivity contribution in [1.82, 2.24) is 4.72 Å². The van der Waals surface area contributed by atoms with Gasteiger partial charge in [0.1, 0.15) is 5.75 Å². The van der Waals surface area contributed by atoms with Crippen LogP contribution in [0.2, 0.25) is 0 Å². The number of benzene rings is 1. The first-order valence-electron chi connectivity index (χ1n) is 5.48. The van der Waals surface area contributed by atoms with Gasteiger partial charge in [0, 0.05) is 13.2 Å². The zero-order valence-electron chi connectivity index (χ0n) is 9.30. The van der Waals surface area contributed by atoms with Gasteiger partial charge >= 0.3 is 0 Å². The third-order valence-corrected chi connectivity index (χ3v) is 4.07. The number of aromatic hydroxyl groups is 1. The lowest BCUT2D eigenvalue weighted by Gasteiger charge is -2.11. The van der Waals surface area contributed by atoms with Crippen LogP contribution < -0.4 is 4.72 Å². The summed E-state index contributed by atoms with van der Waals surface area (Å²) < 4.78 is 31.5. The molecule has 94 valence electrons. The summed E-state index contributed by atoms with van der Waals surface area (Å²) in [6.45, 7) is 0.969. The molecule has 0 bridgehead atoms. The third-order valence-electron chi connectivity index (χ3n) is 2.65. The molecule has 2 N–H and O–H groups in total. The van der Waals surface area contributed by atoms with Gasteiger partial charge < -0.3 is 9.84 Å². The van der Waals surface area contributed by atoms with E-state index in [1.807, 2.05) is 0 Å². The van der Waals surface area contributed by atoms with Gasteiger partial charge in [-0.25, -0.2) is 13.1 Å². The lowest BCUT2D eigenvalue weighted by atomic mass is 10.2. The second-order valence-electron chi connectivity index (χ2n) is 3.98. The van der Waals surface area contributed by atoms with E-state index in [4.69, 9.17) is 4.74 Å². The van der Waals surface area contributed by atoms with E-state index in [0.717, 1.165) is 12.8 Å². The van der Waals surface area contributed by atoms with Crippen LogP contribution in [0.3, 0.4) is 0 Å². The van der Waals surface area contributed by atoms with E-state index < -0.39 is 10.0 Å². The van der Waals surface area contributed by atoms with E-state index in [1.165, 1.54) is 24.3 Å². The van der Waals surface area contributed by atoms with Crippen molar-refractivity contribution in [2.75, 3.05) is 13.2 Å². The fraction of sp³-hybridized carbons (Fsp3) is 0.455. The lowest BCUT2D eigenvalue weighted by Crippen LogP contribution is -2.31. The number of sulfonamides is 1. The zero-order chi connectivity index (χ0) is 12.3. The normalized spacial score (nSPS) is 20.6. The molecule has 1 aliphatic heterocycles. The number of hydrogen-bond donors (Lipinski definition) is 2. The predicted octanol–water partition coefficient (Wildman–Crippen LogP) is 0.849. The van der Waals surface area contributed by atoms with Crippen molar-refractivity contribution < 1.29 is 18.3 Å². The molecule has 1 aliphatic rings. The summed E-state index contributed by atoms with van der Waals surface area (Å²) in [7, 11) is -3.56. The van der Waals surface area contributed by atoms with Crippen LogP contribution in [0, 0.1) is 0 Å². The second-order valence-corrected chi connectivity index (χ2v) is 5.75. The highest BCUT2D eigenvalue weighted by Crippen LogP contribution is 2.16. The first-order valence-corrected chi connectivity index (χ1v) is 6.96. The summed E-state index contributed by atoms with van der Waals surface area (Å²) in [5.41, 5.74) is 0. The first kappa shape index (κ1) is 12.3. The minimum absolute atomic E-state index is 0.0397. The SMILES string of the molecule is O=S(=O)(NCC1CCCO1)c1cccc(O)c1. The Morgan fingerprint density at radius 1 is 1.47 bits per heavy atom. The van der Waals surface area contributed by atoms with Crippen molar-refractivity contribution in [2.24, 2.45) is 0 Å². The van der Waals surface area contributed by atoms with Crippen molar-refractivity contribution in [2.45, 2.75) is 23.8 Å². The Labute approximate surface area is 100 Å². The average molecular weight is 257 g/mol. The number of phenols is 1. The highest BCUT2D eigenvalue weighted by molar-refractivity contribution is 7.89. The molecule has 17 heavy (non-hydrogen) atoms. The molecule has 1 saturated heterocycles. The monoisotopic (exact) mass is 257 g/mol. The molecule has 0 aromatic heterocycles. The van der Waals surface area contributed by atoms with Gasteiger partial charge in [-0.05, 0) is 31.0 Å². The summed E-state index contributed by atoms with van der Waals surface area (Å²) in [4.78, 5) is 0.0653. The van der Waals surface area contributed by atoms with Crippen LogP contribution in [-0.4, -0.2) is 32.8 Å². The van der Waals surface area contributed by atoms with Gasteiger partial charge in [0.2, 0.25) is 10.0 Å². The van der Waals surface area contributed by atoms with E-state index in [0.29, 0.717) is 6.61 Å². The summed E-state index contributed by atoms with van der Waals surface area (Å²) in [6, 6.07) is 5.59. The zero-order valence-corrected chi connectivity index (χ0v) is 10.1. The van der Waals surface area contributed by atoms with Gasteiger partial charge in [-0.15, -0.1) is 0 Å². The number of nitrogens with one attached hydrogen (secondary N) is 1. The van der Waals surface area contributed by atoms with Crippen LogP contribution in [0.4, 0.5) is 0 Å². The van der Waals surface area contributed by atoms with Crippen molar-refractivity contribution in [3.63, 3.8) is 0 Å². The maximum Gasteiger partial charge on any atom is 0.240 e. The van der Waals surface area contributed by atoms with Crippen molar-refractivity contribution in [3.05, 3.63) is 24.3 Å². The van der Waals surface area contributed by atoms with Crippen LogP contribution >= 0.6 is 0 Å². The minimum atomic E-state index is -3.56. The summed E-state index contributed by atoms with van der Waals surface area (Å²) in [5.74, 6) is -0.0648. The molecule has 5 nitrogen and oxygen atoms in total. The Morgan fingerprint density at radius 2 is 2.29 bits per heavy atom. The molecule has 6 heteroatoms. The van der Waals surface area contributed by atoms with Gasteiger partial charge in [0.05, 0.1) is 11.0 Å². The Balaban J connectivity index is 2.03. The van der Waals surface area contributed by atoms with Gasteiger partial charge in [0.25, 0.3) is 0 Å². The minimum Gasteiger partial charge on any atom is -0.508 e. The standard InChI is InChI=1S/C11H15NO4S/c13-9-3-1-5-11(7-9)17(14,15)12-8-10-4-2-6-16-10/h1,3,5,7,10,12-13H,2,4,6,8H2. The molecule has 2 rings (SSSR count). The number of phenolic OH excluding ortho intramolecular Hbond substituents is 1. The van der Waals surface area contributed by atoms with Gasteiger partial charge in [-0.2, -0.15) is 0 Å². The largest absolute Gasteiger partial charge is 0.508 e. The van der Waals surface area contributed by atoms with Crippen LogP contribution in [-0.2, 0) is 14.8 Å². The molecule has 0 aliphatic carbocycles. The van der Waals surface area contributed by atoms with E-state index in [9.17, 15) is 13.5 Å². The number of ether oxygens (including phenoxy) is 1. The third kappa shape index (κ3) is 3.18. The highest BCUT2D eigenvalue weighted by Gasteiger charge is 2.20. The summed E-state index contributed by atoms with van der Waals surface area (Å²) in [5, 5.41) is 9.24. The summed E-state index contributed by atoms with van der Waals surface area (Å²) in [6.07, 6.45) is 1.81. The van der Waals surface area contributed by atoms with E-state index in [2.05, 4.69) is 4.72 Å². The number of rotatable bonds is 4. The molecule has 1 fully saturated rings. The van der Waals surface area contributed by atoms with E-state index in [1.54, 1.807) is 0 Å². The molecular weight excluding hydrogens is 242 g/mol. The maximum atomic E-state index is 11.9. The van der Waals surface area contributed by atoms with Crippen LogP contribution in [0.1, 0.15) is 12.8 Å². The number of hydrogen-bond acceptors (Lipinski definition) is 4. The van der Waals surface area contributed by atoms with Gasteiger partial charge in [-0.1, -0.05) is 6.07 Å². The molecule has 1 atom stereocenters. The highest BCUT2D eigenvalue weighted by atomic mass is 32.2. The summed E-state index contributed by atoms with van der Waals surface area (Å²) >= 11 is 0. The van der Waals surface area contributed by atoms with E-state index >= 15 is 0 Å². The molecule has 1 aromatic rings. The molecular formula is C11H15NO4S. The fourth-order valence-corrected chi connectivity index (χ4v) is 2.85. The topological polar surface area (TPSA) is 75.6 Å². The molecule has 0 radical (unpaired) electrons. The Morgan fingerprint density at radius 3 is 2.94 bits per heavy atom. The fourth-order valence-electron chi connectivity index (χ4n) is 1.74. The van der Waals surface area contributed by atoms with Crippen molar-refractivity contribution in [3.8, 4) is 5.75 Å². The second kappa shape index (κ2) is 5.03. The molecule has 1 heterocycles. The predicted molar refractivity (Wildman–Crippen MR) is 62.3 cm³/mol. The van der Waals surface area contributed by atoms with Crippen LogP contribution in [0.5, 0.6) is 5.75 Å². The Hall–Kier alpha value is -1.11. The molecule has 0 saturated carbocycles. The van der Waals surface area contributed by atoms with Crippen LogP contribution in [0.25, 0.3) is 0 Å². The molecule has 1 unspecified atom stereocenters. The Bertz CT molecular complexity index is 480. The molecule has 0 spiro atoms. The van der Waals surface area contributed by atoms with Crippen molar-refractivity contribution in [1.29, 1.82) is 0 Å². The molecule has 0 amide bonds. The Kier molecular flexibility index (Phi) is 3.66. The van der Waals surface area contributed by atoms with E-state index in [-0.39, 0.29) is 23.3 Å². The smallest absolute Gasteiger partial charge is 0.240 e. The quantitative estimate of drug-likeness (QED) is 0.838.